The van der Waals surface area contributed by atoms with Gasteiger partial charge in [-0.05, 0) is 49.8 Å². The summed E-state index contributed by atoms with van der Waals surface area (Å²) in [4.78, 5) is 24.4. The van der Waals surface area contributed by atoms with Gasteiger partial charge in [0, 0.05) is 29.2 Å². The number of halogens is 3. The molecular weight excluding hydrogens is 383 g/mol. The van der Waals surface area contributed by atoms with E-state index in [4.69, 9.17) is 0 Å². The van der Waals surface area contributed by atoms with Crippen LogP contribution in [0.2, 0.25) is 0 Å². The van der Waals surface area contributed by atoms with Gasteiger partial charge in [-0.1, -0.05) is 18.2 Å². The molecule has 0 saturated heterocycles. The van der Waals surface area contributed by atoms with Gasteiger partial charge < -0.3 is 9.30 Å². The average Bonchev–Trinajstić information content (AvgIpc) is 3.07. The lowest BCUT2D eigenvalue weighted by Gasteiger charge is -2.22. The van der Waals surface area contributed by atoms with Gasteiger partial charge in [-0.15, -0.1) is 0 Å². The van der Waals surface area contributed by atoms with E-state index in [1.807, 2.05) is 42.8 Å². The first-order valence-electron chi connectivity index (χ1n) is 9.52. The number of rotatable bonds is 3. The molecule has 152 valence electrons. The number of cyclic esters (lactones) is 2. The molecule has 1 aliphatic carbocycles. The second kappa shape index (κ2) is 6.90. The van der Waals surface area contributed by atoms with Gasteiger partial charge >= 0.3 is 18.1 Å². The SMILES string of the molecule is Cc1c(C2=C(C3=C(CC(F)(F)F)C(=O)OC3=O)CCCC2)c2ccccc2n1C. The molecule has 0 unspecified atom stereocenters. The molecule has 0 saturated carbocycles. The van der Waals surface area contributed by atoms with Crippen LogP contribution in [0.25, 0.3) is 16.5 Å². The minimum atomic E-state index is -4.60. The number of esters is 2. The van der Waals surface area contributed by atoms with Crippen LogP contribution in [0.5, 0.6) is 0 Å². The zero-order chi connectivity index (χ0) is 20.9. The van der Waals surface area contributed by atoms with Crippen molar-refractivity contribution >= 4 is 28.4 Å². The van der Waals surface area contributed by atoms with E-state index >= 15 is 0 Å². The van der Waals surface area contributed by atoms with Crippen LogP contribution in [0.3, 0.4) is 0 Å². The topological polar surface area (TPSA) is 48.3 Å². The Bertz CT molecular complexity index is 1100. The van der Waals surface area contributed by atoms with Crippen LogP contribution in [0, 0.1) is 6.92 Å². The van der Waals surface area contributed by atoms with Gasteiger partial charge in [0.2, 0.25) is 0 Å². The number of aryl methyl sites for hydroxylation is 1. The van der Waals surface area contributed by atoms with Gasteiger partial charge in [0.1, 0.15) is 0 Å². The number of fused-ring (bicyclic) bond motifs is 1. The van der Waals surface area contributed by atoms with Crippen LogP contribution in [0.4, 0.5) is 13.2 Å². The summed E-state index contributed by atoms with van der Waals surface area (Å²) in [5.74, 6) is -2.16. The van der Waals surface area contributed by atoms with E-state index < -0.39 is 30.1 Å². The number of carbonyl (C=O) groups is 2. The molecule has 2 aromatic rings. The van der Waals surface area contributed by atoms with Crippen molar-refractivity contribution in [3.63, 3.8) is 0 Å². The maximum Gasteiger partial charge on any atom is 0.393 e. The van der Waals surface area contributed by atoms with Crippen molar-refractivity contribution in [2.24, 2.45) is 7.05 Å². The van der Waals surface area contributed by atoms with E-state index in [2.05, 4.69) is 4.74 Å². The van der Waals surface area contributed by atoms with Crippen molar-refractivity contribution in [2.75, 3.05) is 0 Å². The number of para-hydroxylation sites is 1. The summed E-state index contributed by atoms with van der Waals surface area (Å²) in [6.45, 7) is 1.96. The first-order chi connectivity index (χ1) is 13.7. The third-order valence-electron chi connectivity index (χ3n) is 5.79. The van der Waals surface area contributed by atoms with E-state index in [9.17, 15) is 22.8 Å². The van der Waals surface area contributed by atoms with Gasteiger partial charge in [-0.3, -0.25) is 0 Å². The van der Waals surface area contributed by atoms with E-state index in [1.165, 1.54) is 0 Å². The van der Waals surface area contributed by atoms with Gasteiger partial charge in [0.05, 0.1) is 17.6 Å². The van der Waals surface area contributed by atoms with Crippen LogP contribution in [-0.2, 0) is 21.4 Å². The monoisotopic (exact) mass is 403 g/mol. The maximum atomic E-state index is 13.1. The second-order valence-electron chi connectivity index (χ2n) is 7.52. The Balaban J connectivity index is 2.00. The minimum absolute atomic E-state index is 0.186. The van der Waals surface area contributed by atoms with E-state index in [0.29, 0.717) is 18.4 Å². The third kappa shape index (κ3) is 3.28. The molecule has 2 aliphatic rings. The minimum Gasteiger partial charge on any atom is -0.386 e. The Morgan fingerprint density at radius 1 is 1.03 bits per heavy atom. The molecule has 0 radical (unpaired) electrons. The van der Waals surface area contributed by atoms with Crippen molar-refractivity contribution in [1.82, 2.24) is 4.57 Å². The molecule has 2 heterocycles. The molecule has 0 atom stereocenters. The van der Waals surface area contributed by atoms with Crippen LogP contribution in [0.15, 0.2) is 41.0 Å². The van der Waals surface area contributed by atoms with Crippen molar-refractivity contribution in [2.45, 2.75) is 45.2 Å². The van der Waals surface area contributed by atoms with E-state index in [-0.39, 0.29) is 5.57 Å². The number of aromatic nitrogens is 1. The highest BCUT2D eigenvalue weighted by atomic mass is 19.4. The van der Waals surface area contributed by atoms with Gasteiger partial charge in [-0.2, -0.15) is 13.2 Å². The summed E-state index contributed by atoms with van der Waals surface area (Å²) in [6, 6.07) is 7.80. The number of alkyl halides is 3. The highest BCUT2D eigenvalue weighted by Gasteiger charge is 2.42. The van der Waals surface area contributed by atoms with Gasteiger partial charge in [-0.25, -0.2) is 9.59 Å². The molecule has 1 aliphatic heterocycles. The fourth-order valence-corrected chi connectivity index (χ4v) is 4.45. The summed E-state index contributed by atoms with van der Waals surface area (Å²) in [6.07, 6.45) is -3.38. The molecule has 0 fully saturated rings. The molecule has 0 bridgehead atoms. The quantitative estimate of drug-likeness (QED) is 0.526. The van der Waals surface area contributed by atoms with Gasteiger partial charge in [0.25, 0.3) is 0 Å². The Hall–Kier alpha value is -2.83. The van der Waals surface area contributed by atoms with Crippen LogP contribution >= 0.6 is 0 Å². The third-order valence-corrected chi connectivity index (χ3v) is 5.79. The summed E-state index contributed by atoms with van der Waals surface area (Å²) < 4.78 is 45.9. The second-order valence-corrected chi connectivity index (χ2v) is 7.52. The van der Waals surface area contributed by atoms with E-state index in [1.54, 1.807) is 0 Å². The predicted molar refractivity (Wildman–Crippen MR) is 102 cm³/mol. The van der Waals surface area contributed by atoms with Gasteiger partial charge in [0.15, 0.2) is 0 Å². The summed E-state index contributed by atoms with van der Waals surface area (Å²) in [5, 5.41) is 0.984. The molecule has 0 spiro atoms. The molecule has 0 amide bonds. The number of carbonyl (C=O) groups excluding carboxylic acids is 2. The number of ether oxygens (including phenoxy) is 1. The first-order valence-corrected chi connectivity index (χ1v) is 9.52. The zero-order valence-electron chi connectivity index (χ0n) is 16.2. The fraction of sp³-hybridized carbons (Fsp3) is 0.364. The Morgan fingerprint density at radius 2 is 1.69 bits per heavy atom. The lowest BCUT2D eigenvalue weighted by molar-refractivity contribution is -0.154. The van der Waals surface area contributed by atoms with Crippen molar-refractivity contribution in [3.8, 4) is 0 Å². The smallest absolute Gasteiger partial charge is 0.386 e. The zero-order valence-corrected chi connectivity index (χ0v) is 16.2. The lowest BCUT2D eigenvalue weighted by Crippen LogP contribution is -2.14. The number of allylic oxidation sites excluding steroid dienone is 1. The van der Waals surface area contributed by atoms with Crippen molar-refractivity contribution in [3.05, 3.63) is 52.2 Å². The lowest BCUT2D eigenvalue weighted by atomic mass is 9.81. The number of nitrogens with zero attached hydrogens (tertiary/aromatic N) is 1. The van der Waals surface area contributed by atoms with E-state index in [0.717, 1.165) is 40.6 Å². The normalized spacial score (nSPS) is 18.2. The van der Waals surface area contributed by atoms with Crippen LogP contribution < -0.4 is 0 Å². The molecular formula is C22H20F3NO3. The highest BCUT2D eigenvalue weighted by Crippen LogP contribution is 2.44. The van der Waals surface area contributed by atoms with Crippen LogP contribution in [0.1, 0.15) is 43.4 Å². The molecule has 4 nitrogen and oxygen atoms in total. The van der Waals surface area contributed by atoms with Crippen molar-refractivity contribution < 1.29 is 27.5 Å². The summed E-state index contributed by atoms with van der Waals surface area (Å²) >= 11 is 0. The fourth-order valence-electron chi connectivity index (χ4n) is 4.45. The number of hydrogen-bond donors (Lipinski definition) is 0. The number of benzene rings is 1. The molecule has 0 N–H and O–H groups in total. The number of hydrogen-bond acceptors (Lipinski definition) is 3. The highest BCUT2D eigenvalue weighted by molar-refractivity contribution is 6.16. The largest absolute Gasteiger partial charge is 0.393 e. The predicted octanol–water partition coefficient (Wildman–Crippen LogP) is 5.15. The molecule has 1 aromatic heterocycles. The Labute approximate surface area is 165 Å². The summed E-state index contributed by atoms with van der Waals surface area (Å²) in [7, 11) is 1.94. The molecule has 29 heavy (non-hydrogen) atoms. The average molecular weight is 403 g/mol. The van der Waals surface area contributed by atoms with Crippen molar-refractivity contribution in [1.29, 1.82) is 0 Å². The maximum absolute atomic E-state index is 13.1. The Kier molecular flexibility index (Phi) is 4.63. The molecule has 7 heteroatoms. The Morgan fingerprint density at radius 3 is 2.38 bits per heavy atom. The molecule has 1 aromatic carbocycles. The van der Waals surface area contributed by atoms with Crippen LogP contribution in [-0.4, -0.2) is 22.7 Å². The first kappa shape index (κ1) is 19.5. The standard InChI is InChI=1S/C22H20F3NO3/c1-12-18(15-9-5-6-10-17(15)26(12)2)13-7-3-4-8-14(13)19-16(11-22(23,24)25)20(27)29-21(19)28/h5-6,9-10H,3-4,7-8,11H2,1-2H3. The summed E-state index contributed by atoms with van der Waals surface area (Å²) in [5.41, 5.74) is 3.51. The molecule has 4 rings (SSSR count).